The van der Waals surface area contributed by atoms with Crippen molar-refractivity contribution in [3.05, 3.63) is 51.7 Å². The van der Waals surface area contributed by atoms with E-state index in [0.717, 1.165) is 11.1 Å². The lowest BCUT2D eigenvalue weighted by Gasteiger charge is -2.15. The van der Waals surface area contributed by atoms with E-state index >= 15 is 0 Å². The third kappa shape index (κ3) is 6.53. The van der Waals surface area contributed by atoms with Gasteiger partial charge in [-0.2, -0.15) is 0 Å². The van der Waals surface area contributed by atoms with E-state index in [4.69, 9.17) is 4.74 Å². The number of carbonyl (C=O) groups is 3. The molecule has 0 bridgehead atoms. The fourth-order valence-corrected chi connectivity index (χ4v) is 3.11. The number of amides is 2. The Hall–Kier alpha value is -2.67. The van der Waals surface area contributed by atoms with E-state index in [1.54, 1.807) is 12.1 Å². The van der Waals surface area contributed by atoms with Crippen molar-refractivity contribution in [2.75, 3.05) is 6.61 Å². The highest BCUT2D eigenvalue weighted by Gasteiger charge is 2.12. The summed E-state index contributed by atoms with van der Waals surface area (Å²) in [5, 5.41) is 1.81. The van der Waals surface area contributed by atoms with Crippen molar-refractivity contribution in [1.82, 2.24) is 10.9 Å². The van der Waals surface area contributed by atoms with Crippen LogP contribution in [-0.2, 0) is 9.59 Å². The number of thiophene rings is 1. The van der Waals surface area contributed by atoms with Gasteiger partial charge in [0.25, 0.3) is 5.91 Å². The van der Waals surface area contributed by atoms with Crippen molar-refractivity contribution in [3.8, 4) is 5.75 Å². The molecule has 7 heteroatoms. The number of hydrogen-bond acceptors (Lipinski definition) is 5. The Bertz CT molecular complexity index is 800. The van der Waals surface area contributed by atoms with E-state index in [-0.39, 0.29) is 31.1 Å². The van der Waals surface area contributed by atoms with Gasteiger partial charge in [-0.05, 0) is 41.5 Å². The number of hydrogen-bond donors (Lipinski definition) is 2. The molecule has 27 heavy (non-hydrogen) atoms. The van der Waals surface area contributed by atoms with Gasteiger partial charge in [0.1, 0.15) is 5.75 Å². The number of aryl methyl sites for hydroxylation is 1. The van der Waals surface area contributed by atoms with Gasteiger partial charge in [0.2, 0.25) is 5.91 Å². The Balaban J connectivity index is 1.74. The Kier molecular flexibility index (Phi) is 7.55. The second kappa shape index (κ2) is 9.87. The first-order valence-corrected chi connectivity index (χ1v) is 9.62. The SMILES string of the molecule is Cc1ccc(C(C)C)c(OCC(=O)NNC(=O)CCC(=O)c2cccs2)c1. The number of benzene rings is 1. The van der Waals surface area contributed by atoms with E-state index in [1.807, 2.05) is 30.5 Å². The molecule has 1 aromatic heterocycles. The summed E-state index contributed by atoms with van der Waals surface area (Å²) >= 11 is 1.34. The third-order valence-corrected chi connectivity index (χ3v) is 4.78. The van der Waals surface area contributed by atoms with Crippen LogP contribution in [0.2, 0.25) is 0 Å². The Labute approximate surface area is 162 Å². The maximum Gasteiger partial charge on any atom is 0.276 e. The molecule has 0 unspecified atom stereocenters. The minimum Gasteiger partial charge on any atom is -0.483 e. The van der Waals surface area contributed by atoms with Crippen LogP contribution in [0.25, 0.3) is 0 Å². The Morgan fingerprint density at radius 2 is 1.81 bits per heavy atom. The standard InChI is InChI=1S/C20H24N2O4S/c1-13(2)15-7-6-14(3)11-17(15)26-12-20(25)22-21-19(24)9-8-16(23)18-5-4-10-27-18/h4-7,10-11,13H,8-9,12H2,1-3H3,(H,21,24)(H,22,25). The molecule has 0 spiro atoms. The molecular weight excluding hydrogens is 364 g/mol. The van der Waals surface area contributed by atoms with E-state index in [0.29, 0.717) is 10.6 Å². The molecule has 2 aromatic rings. The molecule has 0 atom stereocenters. The van der Waals surface area contributed by atoms with Crippen LogP contribution in [-0.4, -0.2) is 24.2 Å². The highest BCUT2D eigenvalue weighted by molar-refractivity contribution is 7.12. The molecule has 0 radical (unpaired) electrons. The molecular formula is C20H24N2O4S. The van der Waals surface area contributed by atoms with Crippen LogP contribution in [0.15, 0.2) is 35.7 Å². The predicted octanol–water partition coefficient (Wildman–Crippen LogP) is 3.37. The highest BCUT2D eigenvalue weighted by atomic mass is 32.1. The van der Waals surface area contributed by atoms with Crippen molar-refractivity contribution in [2.24, 2.45) is 0 Å². The van der Waals surface area contributed by atoms with Gasteiger partial charge in [-0.25, -0.2) is 0 Å². The van der Waals surface area contributed by atoms with Crippen LogP contribution >= 0.6 is 11.3 Å². The average Bonchev–Trinajstić information content (AvgIpc) is 3.17. The molecule has 2 N–H and O–H groups in total. The molecule has 2 rings (SSSR count). The first-order chi connectivity index (χ1) is 12.9. The zero-order valence-electron chi connectivity index (χ0n) is 15.7. The number of hydrazine groups is 1. The van der Waals surface area contributed by atoms with Crippen molar-refractivity contribution < 1.29 is 19.1 Å². The lowest BCUT2D eigenvalue weighted by molar-refractivity contribution is -0.130. The van der Waals surface area contributed by atoms with Crippen molar-refractivity contribution >= 4 is 28.9 Å². The minimum atomic E-state index is -0.468. The monoisotopic (exact) mass is 388 g/mol. The van der Waals surface area contributed by atoms with Crippen LogP contribution in [0.4, 0.5) is 0 Å². The van der Waals surface area contributed by atoms with Gasteiger partial charge in [-0.3, -0.25) is 25.2 Å². The van der Waals surface area contributed by atoms with E-state index in [2.05, 4.69) is 24.7 Å². The first kappa shape index (κ1) is 20.6. The first-order valence-electron chi connectivity index (χ1n) is 8.74. The van der Waals surface area contributed by atoms with Crippen LogP contribution in [0, 0.1) is 6.92 Å². The summed E-state index contributed by atoms with van der Waals surface area (Å²) in [5.41, 5.74) is 6.66. The minimum absolute atomic E-state index is 0.00719. The molecule has 0 fully saturated rings. The van der Waals surface area contributed by atoms with Gasteiger partial charge in [0.05, 0.1) is 4.88 Å². The summed E-state index contributed by atoms with van der Waals surface area (Å²) in [6.45, 7) is 5.84. The van der Waals surface area contributed by atoms with Crippen molar-refractivity contribution in [2.45, 2.75) is 39.5 Å². The van der Waals surface area contributed by atoms with E-state index < -0.39 is 11.8 Å². The van der Waals surface area contributed by atoms with Gasteiger partial charge >= 0.3 is 0 Å². The third-order valence-electron chi connectivity index (χ3n) is 3.87. The Morgan fingerprint density at radius 3 is 2.48 bits per heavy atom. The smallest absolute Gasteiger partial charge is 0.276 e. The van der Waals surface area contributed by atoms with Crippen LogP contribution in [0.5, 0.6) is 5.75 Å². The van der Waals surface area contributed by atoms with Crippen LogP contribution in [0.3, 0.4) is 0 Å². The fourth-order valence-electron chi connectivity index (χ4n) is 2.41. The molecule has 2 amide bonds. The Morgan fingerprint density at radius 1 is 1.07 bits per heavy atom. The lowest BCUT2D eigenvalue weighted by Crippen LogP contribution is -2.43. The van der Waals surface area contributed by atoms with Gasteiger partial charge in [0.15, 0.2) is 12.4 Å². The number of nitrogens with one attached hydrogen (secondary N) is 2. The maximum atomic E-state index is 11.9. The zero-order chi connectivity index (χ0) is 19.8. The summed E-state index contributed by atoms with van der Waals surface area (Å²) in [6, 6.07) is 9.38. The van der Waals surface area contributed by atoms with Crippen LogP contribution in [0.1, 0.15) is 53.4 Å². The van der Waals surface area contributed by atoms with Gasteiger partial charge in [-0.15, -0.1) is 11.3 Å². The van der Waals surface area contributed by atoms with Gasteiger partial charge in [0, 0.05) is 12.8 Å². The molecule has 0 saturated heterocycles. The number of ketones is 1. The number of rotatable bonds is 8. The number of Topliss-reactive ketones (excluding diaryl/α,β-unsaturated/α-hetero) is 1. The molecule has 6 nitrogen and oxygen atoms in total. The second-order valence-electron chi connectivity index (χ2n) is 6.48. The summed E-state index contributed by atoms with van der Waals surface area (Å²) in [6.07, 6.45) is 0.104. The quantitative estimate of drug-likeness (QED) is 0.536. The molecule has 0 aliphatic carbocycles. The number of carbonyl (C=O) groups excluding carboxylic acids is 3. The topological polar surface area (TPSA) is 84.5 Å². The average molecular weight is 388 g/mol. The second-order valence-corrected chi connectivity index (χ2v) is 7.43. The summed E-state index contributed by atoms with van der Waals surface area (Å²) in [5.74, 6) is -0.0523. The van der Waals surface area contributed by atoms with E-state index in [9.17, 15) is 14.4 Å². The fraction of sp³-hybridized carbons (Fsp3) is 0.350. The molecule has 0 aliphatic rings. The number of ether oxygens (including phenoxy) is 1. The predicted molar refractivity (Wildman–Crippen MR) is 105 cm³/mol. The van der Waals surface area contributed by atoms with E-state index in [1.165, 1.54) is 11.3 Å². The molecule has 0 aliphatic heterocycles. The largest absolute Gasteiger partial charge is 0.483 e. The zero-order valence-corrected chi connectivity index (χ0v) is 16.5. The molecule has 144 valence electrons. The molecule has 0 saturated carbocycles. The lowest BCUT2D eigenvalue weighted by atomic mass is 10.0. The van der Waals surface area contributed by atoms with Crippen molar-refractivity contribution in [3.63, 3.8) is 0 Å². The molecule has 1 heterocycles. The maximum absolute atomic E-state index is 11.9. The van der Waals surface area contributed by atoms with Gasteiger partial charge < -0.3 is 4.74 Å². The highest BCUT2D eigenvalue weighted by Crippen LogP contribution is 2.27. The summed E-state index contributed by atoms with van der Waals surface area (Å²) in [4.78, 5) is 36.1. The summed E-state index contributed by atoms with van der Waals surface area (Å²) in [7, 11) is 0. The normalized spacial score (nSPS) is 10.5. The van der Waals surface area contributed by atoms with Gasteiger partial charge in [-0.1, -0.05) is 32.0 Å². The molecule has 1 aromatic carbocycles. The summed E-state index contributed by atoms with van der Waals surface area (Å²) < 4.78 is 5.60. The van der Waals surface area contributed by atoms with Crippen LogP contribution < -0.4 is 15.6 Å². The van der Waals surface area contributed by atoms with Crippen molar-refractivity contribution in [1.29, 1.82) is 0 Å².